The van der Waals surface area contributed by atoms with Crippen LogP contribution in [0.15, 0.2) is 58.3 Å². The number of hydrogen-bond acceptors (Lipinski definition) is 3. The van der Waals surface area contributed by atoms with Crippen LogP contribution >= 0.6 is 0 Å². The molecule has 2 rings (SSSR count). The lowest BCUT2D eigenvalue weighted by Crippen LogP contribution is -1.96. The lowest BCUT2D eigenvalue weighted by molar-refractivity contribution is 0.193. The highest BCUT2D eigenvalue weighted by Gasteiger charge is 2.07. The van der Waals surface area contributed by atoms with E-state index in [0.717, 1.165) is 61.5 Å². The van der Waals surface area contributed by atoms with Gasteiger partial charge in [0.2, 0.25) is 0 Å². The number of unbranched alkanes of at least 4 members (excludes halogenated alkanes) is 2. The maximum absolute atomic E-state index is 12.7. The van der Waals surface area contributed by atoms with E-state index >= 15 is 0 Å². The minimum absolute atomic E-state index is 0.810. The molecular weight excluding hydrogens is 344 g/mol. The lowest BCUT2D eigenvalue weighted by Gasteiger charge is -2.06. The molecular formula is C22H30O3S. The molecule has 0 atom stereocenters. The van der Waals surface area contributed by atoms with Crippen molar-refractivity contribution in [3.8, 4) is 0 Å². The molecule has 0 saturated heterocycles. The van der Waals surface area contributed by atoms with E-state index in [4.69, 9.17) is 9.47 Å². The van der Waals surface area contributed by atoms with E-state index < -0.39 is 10.8 Å². The first kappa shape index (κ1) is 20.8. The largest absolute Gasteiger partial charge is 0.385 e. The number of hydrogen-bond donors (Lipinski definition) is 0. The molecule has 0 aliphatic carbocycles. The van der Waals surface area contributed by atoms with Crippen molar-refractivity contribution in [3.63, 3.8) is 0 Å². The molecule has 0 unspecified atom stereocenters. The van der Waals surface area contributed by atoms with Crippen molar-refractivity contribution in [3.05, 3.63) is 59.7 Å². The van der Waals surface area contributed by atoms with Crippen LogP contribution in [0.2, 0.25) is 0 Å². The molecule has 4 heteroatoms. The molecule has 0 heterocycles. The molecule has 3 nitrogen and oxygen atoms in total. The van der Waals surface area contributed by atoms with E-state index in [0.29, 0.717) is 0 Å². The SMILES string of the molecule is COCCCCc1ccc(S(=O)c2ccc(CCCCOC)cc2)cc1. The minimum Gasteiger partial charge on any atom is -0.385 e. The van der Waals surface area contributed by atoms with Gasteiger partial charge in [-0.25, -0.2) is 4.21 Å². The Labute approximate surface area is 160 Å². The summed E-state index contributed by atoms with van der Waals surface area (Å²) in [6, 6.07) is 16.3. The van der Waals surface area contributed by atoms with Gasteiger partial charge in [0, 0.05) is 37.2 Å². The van der Waals surface area contributed by atoms with Crippen molar-refractivity contribution < 1.29 is 13.7 Å². The molecule has 2 aromatic rings. The van der Waals surface area contributed by atoms with Crippen molar-refractivity contribution in [2.24, 2.45) is 0 Å². The Hall–Kier alpha value is -1.49. The van der Waals surface area contributed by atoms with Crippen LogP contribution in [0.3, 0.4) is 0 Å². The third-order valence-corrected chi connectivity index (χ3v) is 5.80. The zero-order valence-corrected chi connectivity index (χ0v) is 16.7. The second-order valence-electron chi connectivity index (χ2n) is 6.46. The van der Waals surface area contributed by atoms with Gasteiger partial charge in [-0.3, -0.25) is 0 Å². The molecule has 0 spiro atoms. The standard InChI is InChI=1S/C22H30O3S/c1-24-17-5-3-7-19-9-13-21(14-10-19)26(23)22-15-11-20(12-16-22)8-4-6-18-25-2/h9-16H,3-8,17-18H2,1-2H3. The fourth-order valence-corrected chi connectivity index (χ4v) is 3.89. The maximum Gasteiger partial charge on any atom is 0.0849 e. The van der Waals surface area contributed by atoms with Gasteiger partial charge in [0.1, 0.15) is 0 Å². The first-order chi connectivity index (χ1) is 12.7. The Balaban J connectivity index is 1.87. The first-order valence-electron chi connectivity index (χ1n) is 9.32. The van der Waals surface area contributed by atoms with Crippen molar-refractivity contribution >= 4 is 10.8 Å². The summed E-state index contributed by atoms with van der Waals surface area (Å²) in [7, 11) is 2.35. The second-order valence-corrected chi connectivity index (χ2v) is 7.94. The molecule has 26 heavy (non-hydrogen) atoms. The highest BCUT2D eigenvalue weighted by Crippen LogP contribution is 2.19. The summed E-state index contributed by atoms with van der Waals surface area (Å²) in [5.74, 6) is 0. The van der Waals surface area contributed by atoms with Crippen molar-refractivity contribution in [1.29, 1.82) is 0 Å². The third-order valence-electron chi connectivity index (χ3n) is 4.40. The molecule has 142 valence electrons. The average molecular weight is 375 g/mol. The van der Waals surface area contributed by atoms with Crippen LogP contribution in [0.5, 0.6) is 0 Å². The van der Waals surface area contributed by atoms with Gasteiger partial charge in [-0.2, -0.15) is 0 Å². The average Bonchev–Trinajstić information content (AvgIpc) is 2.69. The maximum atomic E-state index is 12.7. The molecule has 0 aliphatic heterocycles. The van der Waals surface area contributed by atoms with Crippen LogP contribution < -0.4 is 0 Å². The van der Waals surface area contributed by atoms with Gasteiger partial charge >= 0.3 is 0 Å². The summed E-state index contributed by atoms with van der Waals surface area (Å²) < 4.78 is 22.9. The molecule has 0 fully saturated rings. The van der Waals surface area contributed by atoms with E-state index in [1.807, 2.05) is 24.3 Å². The van der Waals surface area contributed by atoms with Crippen molar-refractivity contribution in [2.75, 3.05) is 27.4 Å². The van der Waals surface area contributed by atoms with Crippen molar-refractivity contribution in [1.82, 2.24) is 0 Å². The number of methoxy groups -OCH3 is 2. The van der Waals surface area contributed by atoms with Crippen LogP contribution in [0.1, 0.15) is 36.8 Å². The molecule has 0 aromatic heterocycles. The number of aryl methyl sites for hydroxylation is 2. The number of benzene rings is 2. The molecule has 0 radical (unpaired) electrons. The topological polar surface area (TPSA) is 35.5 Å². The highest BCUT2D eigenvalue weighted by molar-refractivity contribution is 7.85. The quantitative estimate of drug-likeness (QED) is 0.501. The Morgan fingerprint density at radius 2 is 1.04 bits per heavy atom. The van der Waals surface area contributed by atoms with Crippen LogP contribution in [-0.4, -0.2) is 31.6 Å². The fraction of sp³-hybridized carbons (Fsp3) is 0.455. The summed E-state index contributed by atoms with van der Waals surface area (Å²) in [6.45, 7) is 1.62. The summed E-state index contributed by atoms with van der Waals surface area (Å²) in [6.07, 6.45) is 6.44. The summed E-state index contributed by atoms with van der Waals surface area (Å²) >= 11 is 0. The Morgan fingerprint density at radius 1 is 0.654 bits per heavy atom. The van der Waals surface area contributed by atoms with Crippen LogP contribution in [0, 0.1) is 0 Å². The summed E-state index contributed by atoms with van der Waals surface area (Å²) in [4.78, 5) is 1.72. The van der Waals surface area contributed by atoms with E-state index in [9.17, 15) is 4.21 Å². The number of ether oxygens (including phenoxy) is 2. The molecule has 2 aromatic carbocycles. The van der Waals surface area contributed by atoms with Gasteiger partial charge in [-0.1, -0.05) is 24.3 Å². The smallest absolute Gasteiger partial charge is 0.0849 e. The van der Waals surface area contributed by atoms with Gasteiger partial charge in [0.25, 0.3) is 0 Å². The Morgan fingerprint density at radius 3 is 1.38 bits per heavy atom. The highest BCUT2D eigenvalue weighted by atomic mass is 32.2. The van der Waals surface area contributed by atoms with Crippen LogP contribution in [0.4, 0.5) is 0 Å². The van der Waals surface area contributed by atoms with Crippen molar-refractivity contribution in [2.45, 2.75) is 48.3 Å². The lowest BCUT2D eigenvalue weighted by atomic mass is 10.1. The summed E-state index contributed by atoms with van der Waals surface area (Å²) in [5, 5.41) is 0. The Kier molecular flexibility index (Phi) is 9.61. The van der Waals surface area contributed by atoms with Gasteiger partial charge < -0.3 is 9.47 Å². The fourth-order valence-electron chi connectivity index (χ4n) is 2.85. The summed E-state index contributed by atoms with van der Waals surface area (Å²) in [5.41, 5.74) is 2.57. The normalized spacial score (nSPS) is 11.2. The van der Waals surface area contributed by atoms with Crippen LogP contribution in [0.25, 0.3) is 0 Å². The van der Waals surface area contributed by atoms with Gasteiger partial charge in [0.15, 0.2) is 0 Å². The van der Waals surface area contributed by atoms with E-state index in [1.165, 1.54) is 11.1 Å². The van der Waals surface area contributed by atoms with Crippen LogP contribution in [-0.2, 0) is 33.1 Å². The first-order valence-corrected chi connectivity index (χ1v) is 10.5. The molecule has 0 bridgehead atoms. The molecule has 0 saturated carbocycles. The monoisotopic (exact) mass is 374 g/mol. The number of rotatable bonds is 12. The zero-order valence-electron chi connectivity index (χ0n) is 15.9. The van der Waals surface area contributed by atoms with E-state index in [2.05, 4.69) is 24.3 Å². The van der Waals surface area contributed by atoms with Gasteiger partial charge in [0.05, 0.1) is 10.8 Å². The third kappa shape index (κ3) is 7.02. The molecule has 0 aliphatic rings. The van der Waals surface area contributed by atoms with Gasteiger partial charge in [-0.05, 0) is 73.9 Å². The molecule has 0 amide bonds. The molecule has 0 N–H and O–H groups in total. The second kappa shape index (κ2) is 12.0. The zero-order chi connectivity index (χ0) is 18.6. The predicted molar refractivity (Wildman–Crippen MR) is 107 cm³/mol. The Bertz CT molecular complexity index is 593. The van der Waals surface area contributed by atoms with E-state index in [1.54, 1.807) is 14.2 Å². The van der Waals surface area contributed by atoms with Gasteiger partial charge in [-0.15, -0.1) is 0 Å². The van der Waals surface area contributed by atoms with E-state index in [-0.39, 0.29) is 0 Å². The minimum atomic E-state index is -1.12. The predicted octanol–water partition coefficient (Wildman–Crippen LogP) is 4.79.